The number of imidazole rings is 1. The molecule has 0 radical (unpaired) electrons. The van der Waals surface area contributed by atoms with Crippen molar-refractivity contribution in [1.29, 1.82) is 0 Å². The molecule has 8 heteroatoms. The van der Waals surface area contributed by atoms with Crippen LogP contribution in [0.3, 0.4) is 0 Å². The van der Waals surface area contributed by atoms with Gasteiger partial charge in [0.2, 0.25) is 0 Å². The van der Waals surface area contributed by atoms with Crippen LogP contribution >= 0.6 is 35.3 Å². The molecule has 1 unspecified atom stereocenters. The highest BCUT2D eigenvalue weighted by molar-refractivity contribution is 14.0. The third kappa shape index (κ3) is 4.78. The molecule has 1 aliphatic heterocycles. The Hall–Kier alpha value is -1.68. The number of halogens is 2. The van der Waals surface area contributed by atoms with Crippen molar-refractivity contribution in [3.05, 3.63) is 59.1 Å². The van der Waals surface area contributed by atoms with Gasteiger partial charge in [-0.15, -0.1) is 35.3 Å². The predicted molar refractivity (Wildman–Crippen MR) is 118 cm³/mol. The van der Waals surface area contributed by atoms with Crippen molar-refractivity contribution in [3.8, 4) is 0 Å². The summed E-state index contributed by atoms with van der Waals surface area (Å²) in [6.45, 7) is 2.62. The molecular weight excluding hydrogens is 476 g/mol. The Balaban J connectivity index is 0.00000210. The topological polar surface area (TPSA) is 44.9 Å². The number of likely N-dealkylation sites (tertiary alicyclic amines) is 1. The molecule has 1 saturated heterocycles. The Morgan fingerprint density at radius 1 is 1.37 bits per heavy atom. The van der Waals surface area contributed by atoms with E-state index < -0.39 is 0 Å². The summed E-state index contributed by atoms with van der Waals surface area (Å²) >= 11 is 1.64. The van der Waals surface area contributed by atoms with Gasteiger partial charge in [0.15, 0.2) is 10.9 Å². The van der Waals surface area contributed by atoms with E-state index in [-0.39, 0.29) is 29.8 Å². The second-order valence-electron chi connectivity index (χ2n) is 6.66. The molecule has 3 aromatic rings. The van der Waals surface area contributed by atoms with Crippen LogP contribution in [-0.2, 0) is 13.0 Å². The van der Waals surface area contributed by atoms with Crippen molar-refractivity contribution in [2.75, 3.05) is 20.1 Å². The molecule has 144 valence electrons. The monoisotopic (exact) mass is 499 g/mol. The van der Waals surface area contributed by atoms with Gasteiger partial charge in [-0.2, -0.15) is 0 Å². The molecular formula is C19H23FIN5S. The molecule has 0 spiro atoms. The highest BCUT2D eigenvalue weighted by atomic mass is 127. The van der Waals surface area contributed by atoms with Gasteiger partial charge >= 0.3 is 0 Å². The number of aromatic nitrogens is 2. The summed E-state index contributed by atoms with van der Waals surface area (Å²) in [6, 6.07) is 6.85. The molecule has 3 heterocycles. The summed E-state index contributed by atoms with van der Waals surface area (Å²) in [5.41, 5.74) is 2.21. The number of hydrogen-bond acceptors (Lipinski definition) is 3. The molecule has 4 rings (SSSR count). The Kier molecular flexibility index (Phi) is 6.69. The van der Waals surface area contributed by atoms with Crippen LogP contribution in [0.15, 0.2) is 47.0 Å². The minimum absolute atomic E-state index is 0. The molecule has 0 amide bonds. The van der Waals surface area contributed by atoms with Gasteiger partial charge in [-0.3, -0.25) is 9.39 Å². The lowest BCUT2D eigenvalue weighted by molar-refractivity contribution is 0.459. The van der Waals surface area contributed by atoms with Crippen molar-refractivity contribution in [2.45, 2.75) is 19.4 Å². The van der Waals surface area contributed by atoms with Gasteiger partial charge in [-0.1, -0.05) is 12.1 Å². The molecule has 1 aliphatic rings. The average molecular weight is 499 g/mol. The van der Waals surface area contributed by atoms with Gasteiger partial charge in [0.05, 0.1) is 12.2 Å². The quantitative estimate of drug-likeness (QED) is 0.338. The number of thiazole rings is 1. The maximum Gasteiger partial charge on any atom is 0.193 e. The van der Waals surface area contributed by atoms with E-state index >= 15 is 0 Å². The summed E-state index contributed by atoms with van der Waals surface area (Å²) in [4.78, 5) is 12.3. The smallest absolute Gasteiger partial charge is 0.193 e. The molecule has 1 fully saturated rings. The zero-order valence-electron chi connectivity index (χ0n) is 15.1. The minimum atomic E-state index is -0.175. The number of rotatable bonds is 4. The number of aliphatic imine (C=N–C) groups is 1. The highest BCUT2D eigenvalue weighted by Crippen LogP contribution is 2.21. The first-order chi connectivity index (χ1) is 12.7. The van der Waals surface area contributed by atoms with E-state index in [0.29, 0.717) is 12.5 Å². The van der Waals surface area contributed by atoms with Crippen LogP contribution in [-0.4, -0.2) is 40.4 Å². The van der Waals surface area contributed by atoms with Gasteiger partial charge in [0, 0.05) is 37.9 Å². The van der Waals surface area contributed by atoms with Crippen molar-refractivity contribution < 1.29 is 4.39 Å². The maximum atomic E-state index is 13.0. The van der Waals surface area contributed by atoms with E-state index in [9.17, 15) is 4.39 Å². The molecule has 2 aromatic heterocycles. The summed E-state index contributed by atoms with van der Waals surface area (Å²) in [5.74, 6) is 1.31. The van der Waals surface area contributed by atoms with E-state index in [1.807, 2.05) is 41.4 Å². The van der Waals surface area contributed by atoms with Crippen molar-refractivity contribution in [3.63, 3.8) is 0 Å². The molecule has 0 saturated carbocycles. The average Bonchev–Trinajstić information content (AvgIpc) is 3.34. The van der Waals surface area contributed by atoms with Crippen molar-refractivity contribution in [1.82, 2.24) is 19.6 Å². The number of benzene rings is 1. The summed E-state index contributed by atoms with van der Waals surface area (Å²) in [6.07, 6.45) is 6.17. The van der Waals surface area contributed by atoms with Gasteiger partial charge in [-0.05, 0) is 36.5 Å². The highest BCUT2D eigenvalue weighted by Gasteiger charge is 2.25. The van der Waals surface area contributed by atoms with Crippen LogP contribution in [0.4, 0.5) is 4.39 Å². The van der Waals surface area contributed by atoms with E-state index in [2.05, 4.69) is 20.2 Å². The summed E-state index contributed by atoms with van der Waals surface area (Å²) in [7, 11) is 1.82. The molecule has 1 atom stereocenters. The van der Waals surface area contributed by atoms with Gasteiger partial charge in [0.25, 0.3) is 0 Å². The number of guanidine groups is 1. The zero-order chi connectivity index (χ0) is 17.9. The Morgan fingerprint density at radius 3 is 2.93 bits per heavy atom. The fraction of sp³-hybridized carbons (Fsp3) is 0.368. The molecule has 5 nitrogen and oxygen atoms in total. The molecule has 1 aromatic carbocycles. The molecule has 1 N–H and O–H groups in total. The van der Waals surface area contributed by atoms with Crippen LogP contribution in [0.25, 0.3) is 4.96 Å². The SMILES string of the molecule is CN=C(NCc1cn2ccsc2n1)N1CCC(Cc2ccc(F)cc2)C1.I. The van der Waals surface area contributed by atoms with Gasteiger partial charge in [-0.25, -0.2) is 9.37 Å². The fourth-order valence-corrected chi connectivity index (χ4v) is 4.23. The lowest BCUT2D eigenvalue weighted by Crippen LogP contribution is -2.39. The van der Waals surface area contributed by atoms with E-state index in [0.717, 1.165) is 42.5 Å². The summed E-state index contributed by atoms with van der Waals surface area (Å²) < 4.78 is 15.1. The standard InChI is InChI=1S/C19H22FN5S.HI/c1-21-18(22-11-17-13-25-8-9-26-19(25)23-17)24-7-6-15(12-24)10-14-2-4-16(20)5-3-14;/h2-5,8-9,13,15H,6-7,10-12H2,1H3,(H,21,22);1H. The third-order valence-electron chi connectivity index (χ3n) is 4.81. The lowest BCUT2D eigenvalue weighted by Gasteiger charge is -2.21. The Labute approximate surface area is 179 Å². The van der Waals surface area contributed by atoms with Crippen LogP contribution < -0.4 is 5.32 Å². The second-order valence-corrected chi connectivity index (χ2v) is 7.53. The molecule has 27 heavy (non-hydrogen) atoms. The first kappa shape index (κ1) is 20.1. The first-order valence-electron chi connectivity index (χ1n) is 8.82. The van der Waals surface area contributed by atoms with Crippen LogP contribution in [0.2, 0.25) is 0 Å². The number of nitrogens with zero attached hydrogens (tertiary/aromatic N) is 4. The minimum Gasteiger partial charge on any atom is -0.351 e. The Morgan fingerprint density at radius 2 is 2.19 bits per heavy atom. The van der Waals surface area contributed by atoms with Crippen LogP contribution in [0.1, 0.15) is 17.7 Å². The molecule has 0 bridgehead atoms. The molecule has 0 aliphatic carbocycles. The van der Waals surface area contributed by atoms with Gasteiger partial charge < -0.3 is 10.2 Å². The number of fused-ring (bicyclic) bond motifs is 1. The van der Waals surface area contributed by atoms with E-state index in [1.165, 1.54) is 17.7 Å². The summed E-state index contributed by atoms with van der Waals surface area (Å²) in [5, 5.41) is 5.46. The van der Waals surface area contributed by atoms with Crippen LogP contribution in [0, 0.1) is 11.7 Å². The van der Waals surface area contributed by atoms with Crippen molar-refractivity contribution >= 4 is 46.2 Å². The number of hydrogen-bond donors (Lipinski definition) is 1. The third-order valence-corrected chi connectivity index (χ3v) is 5.58. The van der Waals surface area contributed by atoms with E-state index in [4.69, 9.17) is 0 Å². The zero-order valence-corrected chi connectivity index (χ0v) is 18.3. The second kappa shape index (κ2) is 9.01. The first-order valence-corrected chi connectivity index (χ1v) is 9.70. The normalized spacial score (nSPS) is 17.3. The largest absolute Gasteiger partial charge is 0.351 e. The van der Waals surface area contributed by atoms with Crippen LogP contribution in [0.5, 0.6) is 0 Å². The predicted octanol–water partition coefficient (Wildman–Crippen LogP) is 3.79. The van der Waals surface area contributed by atoms with Crippen molar-refractivity contribution in [2.24, 2.45) is 10.9 Å². The fourth-order valence-electron chi connectivity index (χ4n) is 3.51. The maximum absolute atomic E-state index is 13.0. The Bertz CT molecular complexity index is 876. The lowest BCUT2D eigenvalue weighted by atomic mass is 9.99. The van der Waals surface area contributed by atoms with Gasteiger partial charge in [0.1, 0.15) is 5.82 Å². The number of nitrogens with one attached hydrogen (secondary N) is 1. The van der Waals surface area contributed by atoms with E-state index in [1.54, 1.807) is 11.3 Å².